The van der Waals surface area contributed by atoms with Gasteiger partial charge in [0.25, 0.3) is 5.91 Å². The summed E-state index contributed by atoms with van der Waals surface area (Å²) in [5.41, 5.74) is 2.99. The fourth-order valence-electron chi connectivity index (χ4n) is 2.91. The molecule has 1 amide bonds. The van der Waals surface area contributed by atoms with Gasteiger partial charge in [-0.1, -0.05) is 23.7 Å². The minimum absolute atomic E-state index is 0.274. The molecule has 1 aliphatic rings. The molecule has 2 aromatic rings. The van der Waals surface area contributed by atoms with E-state index in [2.05, 4.69) is 16.0 Å². The highest BCUT2D eigenvalue weighted by Gasteiger charge is 2.30. The Balaban J connectivity index is 1.90. The number of carbonyl (C=O) groups excluding carboxylic acids is 2. The summed E-state index contributed by atoms with van der Waals surface area (Å²) in [5.74, 6) is -0.697. The fraction of sp³-hybridized carbons (Fsp3) is 0.150. The van der Waals surface area contributed by atoms with Crippen LogP contribution in [0.15, 0.2) is 59.8 Å². The van der Waals surface area contributed by atoms with E-state index >= 15 is 0 Å². The summed E-state index contributed by atoms with van der Waals surface area (Å²) >= 11 is 11.1. The molecule has 0 aliphatic carbocycles. The maximum Gasteiger partial charge on any atom is 0.337 e. The van der Waals surface area contributed by atoms with Gasteiger partial charge in [0.15, 0.2) is 5.11 Å². The summed E-state index contributed by atoms with van der Waals surface area (Å²) in [6.07, 6.45) is 0. The van der Waals surface area contributed by atoms with E-state index in [-0.39, 0.29) is 5.91 Å². The first-order valence-electron chi connectivity index (χ1n) is 8.42. The van der Waals surface area contributed by atoms with E-state index in [1.165, 1.54) is 7.11 Å². The van der Waals surface area contributed by atoms with Gasteiger partial charge in [-0.05, 0) is 61.1 Å². The van der Waals surface area contributed by atoms with Crippen molar-refractivity contribution in [2.75, 3.05) is 12.4 Å². The van der Waals surface area contributed by atoms with Crippen LogP contribution in [-0.2, 0) is 9.53 Å². The summed E-state index contributed by atoms with van der Waals surface area (Å²) in [6.45, 7) is 1.79. The molecule has 144 valence electrons. The third kappa shape index (κ3) is 4.32. The second-order valence-electron chi connectivity index (χ2n) is 6.14. The summed E-state index contributed by atoms with van der Waals surface area (Å²) in [4.78, 5) is 24.6. The van der Waals surface area contributed by atoms with Crippen molar-refractivity contribution < 1.29 is 14.3 Å². The molecular weight excluding hydrogens is 398 g/mol. The number of anilines is 1. The average molecular weight is 416 g/mol. The lowest BCUT2D eigenvalue weighted by Crippen LogP contribution is -2.45. The Labute approximate surface area is 172 Å². The number of carbonyl (C=O) groups is 2. The van der Waals surface area contributed by atoms with Crippen LogP contribution < -0.4 is 16.0 Å². The van der Waals surface area contributed by atoms with Crippen LogP contribution in [0.3, 0.4) is 0 Å². The minimum atomic E-state index is -0.465. The molecule has 0 saturated heterocycles. The number of thiocarbonyl (C=S) groups is 1. The van der Waals surface area contributed by atoms with Gasteiger partial charge in [-0.15, -0.1) is 0 Å². The van der Waals surface area contributed by atoms with Crippen LogP contribution in [0.5, 0.6) is 0 Å². The summed E-state index contributed by atoms with van der Waals surface area (Å²) in [7, 11) is 1.33. The Morgan fingerprint density at radius 2 is 1.75 bits per heavy atom. The monoisotopic (exact) mass is 415 g/mol. The van der Waals surface area contributed by atoms with Crippen molar-refractivity contribution in [3.63, 3.8) is 0 Å². The van der Waals surface area contributed by atoms with Gasteiger partial charge >= 0.3 is 5.97 Å². The molecule has 3 N–H and O–H groups in total. The van der Waals surface area contributed by atoms with E-state index in [0.717, 1.165) is 5.56 Å². The maximum absolute atomic E-state index is 13.0. The quantitative estimate of drug-likeness (QED) is 0.523. The highest BCUT2D eigenvalue weighted by atomic mass is 35.5. The van der Waals surface area contributed by atoms with Gasteiger partial charge in [0.2, 0.25) is 0 Å². The Kier molecular flexibility index (Phi) is 5.96. The topological polar surface area (TPSA) is 79.5 Å². The number of esters is 1. The lowest BCUT2D eigenvalue weighted by molar-refractivity contribution is -0.113. The number of allylic oxidation sites excluding steroid dienone is 1. The third-order valence-electron chi connectivity index (χ3n) is 4.28. The van der Waals surface area contributed by atoms with Gasteiger partial charge in [0.1, 0.15) is 0 Å². The molecule has 1 aliphatic heterocycles. The van der Waals surface area contributed by atoms with Crippen molar-refractivity contribution in [2.24, 2.45) is 0 Å². The number of nitrogens with one attached hydrogen (secondary N) is 3. The predicted molar refractivity (Wildman–Crippen MR) is 112 cm³/mol. The van der Waals surface area contributed by atoms with E-state index < -0.39 is 12.0 Å². The smallest absolute Gasteiger partial charge is 0.337 e. The van der Waals surface area contributed by atoms with E-state index in [4.69, 9.17) is 28.6 Å². The number of methoxy groups -OCH3 is 1. The molecule has 0 radical (unpaired) electrons. The summed E-state index contributed by atoms with van der Waals surface area (Å²) < 4.78 is 4.72. The molecule has 0 bridgehead atoms. The zero-order valence-electron chi connectivity index (χ0n) is 15.2. The Bertz CT molecular complexity index is 956. The van der Waals surface area contributed by atoms with Crippen molar-refractivity contribution in [3.05, 3.63) is 76.0 Å². The van der Waals surface area contributed by atoms with Crippen LogP contribution >= 0.6 is 23.8 Å². The fourth-order valence-corrected chi connectivity index (χ4v) is 3.30. The van der Waals surface area contributed by atoms with E-state index in [1.54, 1.807) is 55.5 Å². The Morgan fingerprint density at radius 3 is 2.36 bits per heavy atom. The second-order valence-corrected chi connectivity index (χ2v) is 6.99. The molecule has 0 spiro atoms. The average Bonchev–Trinajstić information content (AvgIpc) is 2.68. The number of benzene rings is 2. The molecule has 0 unspecified atom stereocenters. The van der Waals surface area contributed by atoms with Gasteiger partial charge in [0, 0.05) is 16.4 Å². The number of ether oxygens (including phenoxy) is 1. The standard InChI is InChI=1S/C20H18ClN3O3S/c1-11-16(18(25)23-15-9-7-14(21)8-10-15)17(24-20(28)22-11)12-3-5-13(6-4-12)19(26)27-2/h3-10,17H,1-2H3,(H,23,25)(H2,22,24,28)/t17-/m1/s1. The first-order valence-corrected chi connectivity index (χ1v) is 9.21. The van der Waals surface area contributed by atoms with E-state index in [9.17, 15) is 9.59 Å². The molecule has 28 heavy (non-hydrogen) atoms. The van der Waals surface area contributed by atoms with E-state index in [1.807, 2.05) is 0 Å². The molecule has 1 heterocycles. The Hall–Kier alpha value is -2.90. The molecule has 6 nitrogen and oxygen atoms in total. The van der Waals surface area contributed by atoms with Gasteiger partial charge in [-0.2, -0.15) is 0 Å². The van der Waals surface area contributed by atoms with Crippen LogP contribution in [0.25, 0.3) is 0 Å². The SMILES string of the molecule is COC(=O)c1ccc([C@H]2NC(=S)NC(C)=C2C(=O)Nc2ccc(Cl)cc2)cc1. The molecule has 0 fully saturated rings. The first-order chi connectivity index (χ1) is 13.4. The van der Waals surface area contributed by atoms with Crippen LogP contribution in [0.2, 0.25) is 5.02 Å². The Morgan fingerprint density at radius 1 is 1.11 bits per heavy atom. The molecule has 8 heteroatoms. The highest BCUT2D eigenvalue weighted by molar-refractivity contribution is 7.80. The van der Waals surface area contributed by atoms with Gasteiger partial charge in [0.05, 0.1) is 24.3 Å². The summed E-state index contributed by atoms with van der Waals surface area (Å²) in [5, 5.41) is 9.98. The van der Waals surface area contributed by atoms with Crippen LogP contribution in [0, 0.1) is 0 Å². The third-order valence-corrected chi connectivity index (χ3v) is 4.75. The lowest BCUT2D eigenvalue weighted by atomic mass is 9.94. The zero-order chi connectivity index (χ0) is 20.3. The highest BCUT2D eigenvalue weighted by Crippen LogP contribution is 2.28. The van der Waals surface area contributed by atoms with Crippen molar-refractivity contribution in [2.45, 2.75) is 13.0 Å². The summed E-state index contributed by atoms with van der Waals surface area (Å²) in [6, 6.07) is 13.2. The van der Waals surface area contributed by atoms with Crippen molar-refractivity contribution in [3.8, 4) is 0 Å². The van der Waals surface area contributed by atoms with E-state index in [0.29, 0.717) is 32.7 Å². The van der Waals surface area contributed by atoms with Gasteiger partial charge in [-0.25, -0.2) is 4.79 Å². The predicted octanol–water partition coefficient (Wildman–Crippen LogP) is 3.56. The molecule has 1 atom stereocenters. The van der Waals surface area contributed by atoms with Crippen molar-refractivity contribution in [1.29, 1.82) is 0 Å². The zero-order valence-corrected chi connectivity index (χ0v) is 16.8. The molecule has 3 rings (SSSR count). The van der Waals surface area contributed by atoms with Gasteiger partial charge < -0.3 is 20.7 Å². The normalized spacial score (nSPS) is 16.1. The van der Waals surface area contributed by atoms with Crippen molar-refractivity contribution >= 4 is 46.5 Å². The first kappa shape index (κ1) is 19.9. The second kappa shape index (κ2) is 8.41. The minimum Gasteiger partial charge on any atom is -0.465 e. The lowest BCUT2D eigenvalue weighted by Gasteiger charge is -2.30. The molecule has 2 aromatic carbocycles. The molecular formula is C20H18ClN3O3S. The van der Waals surface area contributed by atoms with Crippen LogP contribution in [0.4, 0.5) is 5.69 Å². The largest absolute Gasteiger partial charge is 0.465 e. The number of halogens is 1. The maximum atomic E-state index is 13.0. The molecule has 0 aromatic heterocycles. The number of amides is 1. The van der Waals surface area contributed by atoms with Crippen LogP contribution in [0.1, 0.15) is 28.9 Å². The number of hydrogen-bond donors (Lipinski definition) is 3. The number of rotatable bonds is 4. The number of hydrogen-bond acceptors (Lipinski definition) is 4. The van der Waals surface area contributed by atoms with Crippen LogP contribution in [-0.4, -0.2) is 24.1 Å². The van der Waals surface area contributed by atoms with Crippen molar-refractivity contribution in [1.82, 2.24) is 10.6 Å². The van der Waals surface area contributed by atoms with Gasteiger partial charge in [-0.3, -0.25) is 4.79 Å². The molecule has 0 saturated carbocycles.